The summed E-state index contributed by atoms with van der Waals surface area (Å²) in [6.45, 7) is 8.95. The summed E-state index contributed by atoms with van der Waals surface area (Å²) in [5.74, 6) is 0. The lowest BCUT2D eigenvalue weighted by Crippen LogP contribution is -2.34. The molecule has 3 rings (SSSR count). The molecule has 1 fully saturated rings. The van der Waals surface area contributed by atoms with Crippen LogP contribution in [0.3, 0.4) is 0 Å². The molecular formula is C16H26N4O3. The van der Waals surface area contributed by atoms with E-state index >= 15 is 0 Å². The predicted octanol–water partition coefficient (Wildman–Crippen LogP) is 1.43. The molecule has 3 heterocycles. The van der Waals surface area contributed by atoms with E-state index in [4.69, 9.17) is 4.74 Å². The van der Waals surface area contributed by atoms with Gasteiger partial charge in [-0.15, -0.1) is 0 Å². The lowest BCUT2D eigenvalue weighted by molar-refractivity contribution is 0.0295. The van der Waals surface area contributed by atoms with Crippen LogP contribution in [0.15, 0.2) is 11.1 Å². The van der Waals surface area contributed by atoms with Crippen LogP contribution in [-0.2, 0) is 17.7 Å². The lowest BCUT2D eigenvalue weighted by Gasteiger charge is -2.23. The van der Waals surface area contributed by atoms with Crippen LogP contribution in [-0.4, -0.2) is 46.2 Å². The number of hydrogen-bond donors (Lipinski definition) is 2. The van der Waals surface area contributed by atoms with Crippen molar-refractivity contribution in [1.29, 1.82) is 0 Å². The van der Waals surface area contributed by atoms with Gasteiger partial charge in [-0.3, -0.25) is 4.79 Å². The van der Waals surface area contributed by atoms with Gasteiger partial charge in [0.1, 0.15) is 5.60 Å². The molecule has 2 N–H and O–H groups in total. The van der Waals surface area contributed by atoms with Gasteiger partial charge in [0.15, 0.2) is 0 Å². The van der Waals surface area contributed by atoms with Crippen LogP contribution < -0.4 is 10.9 Å². The number of nitrogens with one attached hydrogen (secondary N) is 2. The molecule has 1 aromatic heterocycles. The average molecular weight is 322 g/mol. The van der Waals surface area contributed by atoms with Gasteiger partial charge in [0.2, 0.25) is 0 Å². The predicted molar refractivity (Wildman–Crippen MR) is 87.3 cm³/mol. The zero-order chi connectivity index (χ0) is 16.9. The van der Waals surface area contributed by atoms with E-state index < -0.39 is 0 Å². The first-order chi connectivity index (χ1) is 10.9. The van der Waals surface area contributed by atoms with Gasteiger partial charge in [-0.05, 0) is 33.6 Å². The number of aromatic amines is 1. The number of amides is 1. The van der Waals surface area contributed by atoms with Crippen molar-refractivity contribution in [3.8, 4) is 0 Å². The minimum atomic E-state index is -0.361. The molecule has 0 unspecified atom stereocenters. The Morgan fingerprint density at radius 2 is 2.00 bits per heavy atom. The zero-order valence-corrected chi connectivity index (χ0v) is 14.1. The number of fused-ring (bicyclic) bond motifs is 1. The molecule has 1 saturated heterocycles. The van der Waals surface area contributed by atoms with Gasteiger partial charge < -0.3 is 19.9 Å². The van der Waals surface area contributed by atoms with Crippen LogP contribution in [0.5, 0.6) is 0 Å². The van der Waals surface area contributed by atoms with Crippen LogP contribution in [0.2, 0.25) is 0 Å². The monoisotopic (exact) mass is 322 g/mol. The maximum atomic E-state index is 11.4. The molecule has 2 aliphatic rings. The molecular weight excluding hydrogens is 296 g/mol. The summed E-state index contributed by atoms with van der Waals surface area (Å²) in [4.78, 5) is 30.9. The third-order valence-electron chi connectivity index (χ3n) is 3.64. The number of carbonyl (C=O) groups excluding carboxylic acids is 1. The summed E-state index contributed by atoms with van der Waals surface area (Å²) in [6.07, 6.45) is 4.38. The second kappa shape index (κ2) is 7.59. The molecule has 0 atom stereocenters. The normalized spacial score (nSPS) is 17.1. The Morgan fingerprint density at radius 3 is 2.61 bits per heavy atom. The highest BCUT2D eigenvalue weighted by Gasteiger charge is 2.23. The Labute approximate surface area is 136 Å². The Kier molecular flexibility index (Phi) is 5.76. The highest BCUT2D eigenvalue weighted by Crippen LogP contribution is 2.14. The first kappa shape index (κ1) is 17.5. The smallest absolute Gasteiger partial charge is 0.410 e. The average Bonchev–Trinajstić information content (AvgIpc) is 3.01. The van der Waals surface area contributed by atoms with Crippen molar-refractivity contribution in [2.75, 3.05) is 19.6 Å². The topological polar surface area (TPSA) is 87.3 Å². The number of ether oxygens (including phenoxy) is 1. The number of rotatable bonds is 0. The van der Waals surface area contributed by atoms with Gasteiger partial charge in [0.05, 0.1) is 17.6 Å². The van der Waals surface area contributed by atoms with Gasteiger partial charge in [-0.2, -0.15) is 0 Å². The molecule has 0 spiro atoms. The van der Waals surface area contributed by atoms with E-state index in [9.17, 15) is 9.59 Å². The molecule has 2 aliphatic heterocycles. The van der Waals surface area contributed by atoms with Crippen molar-refractivity contribution in [2.45, 2.75) is 52.2 Å². The lowest BCUT2D eigenvalue weighted by atomic mass is 10.1. The summed E-state index contributed by atoms with van der Waals surface area (Å²) in [6, 6.07) is 0. The number of likely N-dealkylation sites (tertiary alicyclic amines) is 1. The SMILES string of the molecule is CC(C)(C)OC(=O)N1CCCC1.O=c1[nH]cnc2c1CNCC2. The summed E-state index contributed by atoms with van der Waals surface area (Å²) in [5.41, 5.74) is 1.35. The molecule has 0 radical (unpaired) electrons. The van der Waals surface area contributed by atoms with Crippen LogP contribution in [0.25, 0.3) is 0 Å². The first-order valence-corrected chi connectivity index (χ1v) is 8.11. The van der Waals surface area contributed by atoms with Gasteiger partial charge in [-0.25, -0.2) is 9.78 Å². The van der Waals surface area contributed by atoms with Gasteiger partial charge in [0, 0.05) is 32.6 Å². The van der Waals surface area contributed by atoms with Crippen molar-refractivity contribution in [2.24, 2.45) is 0 Å². The second-order valence-corrected chi connectivity index (χ2v) is 6.76. The number of aromatic nitrogens is 2. The molecule has 0 aliphatic carbocycles. The van der Waals surface area contributed by atoms with Gasteiger partial charge >= 0.3 is 6.09 Å². The third-order valence-corrected chi connectivity index (χ3v) is 3.64. The van der Waals surface area contributed by atoms with E-state index in [1.165, 1.54) is 6.33 Å². The molecule has 1 aromatic rings. The second-order valence-electron chi connectivity index (χ2n) is 6.76. The van der Waals surface area contributed by atoms with Crippen LogP contribution >= 0.6 is 0 Å². The summed E-state index contributed by atoms with van der Waals surface area (Å²) in [5, 5.41) is 3.12. The maximum absolute atomic E-state index is 11.4. The fourth-order valence-electron chi connectivity index (χ4n) is 2.51. The molecule has 128 valence electrons. The van der Waals surface area contributed by atoms with Crippen LogP contribution in [0.4, 0.5) is 4.79 Å². The summed E-state index contributed by atoms with van der Waals surface area (Å²) < 4.78 is 5.21. The van der Waals surface area contributed by atoms with E-state index in [1.807, 2.05) is 20.8 Å². The Bertz CT molecular complexity index is 586. The molecule has 0 saturated carbocycles. The highest BCUT2D eigenvalue weighted by atomic mass is 16.6. The number of nitrogens with zero attached hydrogens (tertiary/aromatic N) is 2. The van der Waals surface area contributed by atoms with Gasteiger partial charge in [0.25, 0.3) is 5.56 Å². The Balaban J connectivity index is 0.000000167. The molecule has 7 heteroatoms. The molecule has 23 heavy (non-hydrogen) atoms. The fraction of sp³-hybridized carbons (Fsp3) is 0.688. The van der Waals surface area contributed by atoms with E-state index in [0.717, 1.165) is 50.2 Å². The van der Waals surface area contributed by atoms with E-state index in [1.54, 1.807) is 4.90 Å². The van der Waals surface area contributed by atoms with Crippen molar-refractivity contribution < 1.29 is 9.53 Å². The van der Waals surface area contributed by atoms with E-state index in [0.29, 0.717) is 6.54 Å². The van der Waals surface area contributed by atoms with E-state index in [-0.39, 0.29) is 17.3 Å². The zero-order valence-electron chi connectivity index (χ0n) is 14.1. The number of H-pyrrole nitrogens is 1. The third kappa shape index (κ3) is 5.35. The largest absolute Gasteiger partial charge is 0.444 e. The molecule has 1 amide bonds. The Hall–Kier alpha value is -1.89. The Morgan fingerprint density at radius 1 is 1.30 bits per heavy atom. The van der Waals surface area contributed by atoms with Gasteiger partial charge in [-0.1, -0.05) is 0 Å². The highest BCUT2D eigenvalue weighted by molar-refractivity contribution is 5.68. The fourth-order valence-corrected chi connectivity index (χ4v) is 2.51. The maximum Gasteiger partial charge on any atom is 0.410 e. The van der Waals surface area contributed by atoms with E-state index in [2.05, 4.69) is 15.3 Å². The molecule has 0 aromatic carbocycles. The standard InChI is InChI=1S/C9H17NO2.C7H9N3O/c1-9(2,3)12-8(11)10-6-4-5-7-10;11-7-5-3-8-2-1-6(5)9-4-10-7/h4-7H2,1-3H3;4,8H,1-3H2,(H,9,10,11). The summed E-state index contributed by atoms with van der Waals surface area (Å²) in [7, 11) is 0. The quantitative estimate of drug-likeness (QED) is 0.754. The van der Waals surface area contributed by atoms with Crippen molar-refractivity contribution in [1.82, 2.24) is 20.2 Å². The van der Waals surface area contributed by atoms with Crippen molar-refractivity contribution in [3.63, 3.8) is 0 Å². The van der Waals surface area contributed by atoms with Crippen molar-refractivity contribution >= 4 is 6.09 Å². The van der Waals surface area contributed by atoms with Crippen molar-refractivity contribution in [3.05, 3.63) is 27.9 Å². The number of carbonyl (C=O) groups is 1. The molecule has 7 nitrogen and oxygen atoms in total. The minimum Gasteiger partial charge on any atom is -0.444 e. The van der Waals surface area contributed by atoms with Crippen LogP contribution in [0.1, 0.15) is 44.9 Å². The van der Waals surface area contributed by atoms with Crippen LogP contribution in [0, 0.1) is 0 Å². The first-order valence-electron chi connectivity index (χ1n) is 8.11. The minimum absolute atomic E-state index is 0.0119. The molecule has 0 bridgehead atoms. The number of hydrogen-bond acceptors (Lipinski definition) is 5. The summed E-state index contributed by atoms with van der Waals surface area (Å²) >= 11 is 0.